The molecule has 4 rings (SSSR count). The first-order chi connectivity index (χ1) is 18.4. The van der Waals surface area contributed by atoms with E-state index in [9.17, 15) is 13.2 Å². The van der Waals surface area contributed by atoms with Crippen LogP contribution in [-0.2, 0) is 28.9 Å². The number of thiazole rings is 1. The van der Waals surface area contributed by atoms with Crippen LogP contribution in [-0.4, -0.2) is 92.1 Å². The zero-order chi connectivity index (χ0) is 27.0. The first-order valence-corrected chi connectivity index (χ1v) is 14.2. The first-order valence-electron chi connectivity index (χ1n) is 11.7. The zero-order valence-electron chi connectivity index (χ0n) is 20.5. The second-order valence-corrected chi connectivity index (χ2v) is 11.2. The minimum atomic E-state index is -3.51. The molecule has 3 heterocycles. The fourth-order valence-corrected chi connectivity index (χ4v) is 5.48. The highest BCUT2D eigenvalue weighted by Crippen LogP contribution is 2.25. The fraction of sp³-hybridized carbons (Fsp3) is 0.435. The van der Waals surface area contributed by atoms with E-state index in [4.69, 9.17) is 24.2 Å². The van der Waals surface area contributed by atoms with E-state index in [1.807, 2.05) is 0 Å². The van der Waals surface area contributed by atoms with E-state index in [-0.39, 0.29) is 46.7 Å². The molecule has 1 saturated heterocycles. The number of aliphatic hydroxyl groups excluding tert-OH is 1. The van der Waals surface area contributed by atoms with E-state index in [0.717, 1.165) is 11.3 Å². The number of benzene rings is 1. The molecule has 15 heteroatoms. The summed E-state index contributed by atoms with van der Waals surface area (Å²) in [6.45, 7) is 1.13. The van der Waals surface area contributed by atoms with Gasteiger partial charge >= 0.3 is 0 Å². The molecule has 0 bridgehead atoms. The molecule has 13 nitrogen and oxygen atoms in total. The molecule has 1 amide bonds. The summed E-state index contributed by atoms with van der Waals surface area (Å²) in [6.07, 6.45) is 2.07. The Morgan fingerprint density at radius 1 is 1.26 bits per heavy atom. The third kappa shape index (κ3) is 7.20. The highest BCUT2D eigenvalue weighted by atomic mass is 32.2. The van der Waals surface area contributed by atoms with E-state index in [1.165, 1.54) is 37.6 Å². The van der Waals surface area contributed by atoms with Crippen molar-refractivity contribution < 1.29 is 37.4 Å². The highest BCUT2D eigenvalue weighted by Gasteiger charge is 2.22. The normalized spacial score (nSPS) is 16.1. The first kappa shape index (κ1) is 27.8. The summed E-state index contributed by atoms with van der Waals surface area (Å²) in [5.41, 5.74) is 0.601. The maximum Gasteiger partial charge on any atom is 0.280 e. The Kier molecular flexibility index (Phi) is 9.52. The van der Waals surface area contributed by atoms with Crippen LogP contribution in [0, 0.1) is 0 Å². The molecule has 0 aliphatic carbocycles. The number of rotatable bonds is 13. The predicted octanol–water partition coefficient (Wildman–Crippen LogP) is 1.42. The summed E-state index contributed by atoms with van der Waals surface area (Å²) in [7, 11) is -1.99. The lowest BCUT2D eigenvalue weighted by Crippen LogP contribution is -2.25. The summed E-state index contributed by atoms with van der Waals surface area (Å²) in [6, 6.07) is 5.86. The Labute approximate surface area is 222 Å². The summed E-state index contributed by atoms with van der Waals surface area (Å²) in [4.78, 5) is 32.0. The van der Waals surface area contributed by atoms with E-state index in [2.05, 4.69) is 25.4 Å². The maximum absolute atomic E-state index is 13.2. The third-order valence-electron chi connectivity index (χ3n) is 5.31. The molecule has 2 N–H and O–H groups in total. The number of amides is 1. The topological polar surface area (TPSA) is 171 Å². The van der Waals surface area contributed by atoms with Gasteiger partial charge in [-0.25, -0.2) is 13.4 Å². The van der Waals surface area contributed by atoms with Crippen LogP contribution in [0.2, 0.25) is 0 Å². The monoisotopic (exact) mass is 565 g/mol. The number of nitrogens with zero attached hydrogens (tertiary/aromatic N) is 4. The van der Waals surface area contributed by atoms with Gasteiger partial charge in [0.2, 0.25) is 5.88 Å². The summed E-state index contributed by atoms with van der Waals surface area (Å²) in [5, 5.41) is 15.9. The van der Waals surface area contributed by atoms with Crippen LogP contribution in [0.25, 0.3) is 10.5 Å². The minimum Gasteiger partial charge on any atom is -0.474 e. The second kappa shape index (κ2) is 13.0. The van der Waals surface area contributed by atoms with Gasteiger partial charge < -0.3 is 24.2 Å². The van der Waals surface area contributed by atoms with Crippen molar-refractivity contribution in [3.8, 4) is 5.88 Å². The molecule has 2 aromatic heterocycles. The lowest BCUT2D eigenvalue weighted by molar-refractivity contribution is -0.110. The molecular formula is C23H27N5O8S2. The summed E-state index contributed by atoms with van der Waals surface area (Å²) in [5.74, 6) is -0.450. The molecule has 38 heavy (non-hydrogen) atoms. The van der Waals surface area contributed by atoms with Crippen molar-refractivity contribution in [3.05, 3.63) is 36.0 Å². The summed E-state index contributed by atoms with van der Waals surface area (Å²) >= 11 is 1.08. The molecule has 1 atom stereocenters. The lowest BCUT2D eigenvalue weighted by Gasteiger charge is -2.10. The van der Waals surface area contributed by atoms with Crippen molar-refractivity contribution in [1.29, 1.82) is 0 Å². The quantitative estimate of drug-likeness (QED) is 0.174. The van der Waals surface area contributed by atoms with Gasteiger partial charge in [0, 0.05) is 25.7 Å². The SMILES string of the molecule is COCCCS(=O)(=O)c1ccc(/C(=N\O[C@@H]2CCOC2)C(=O)Nc2nc3ncc(OCCO)nc3s2)cc1. The van der Waals surface area contributed by atoms with Crippen LogP contribution in [0.4, 0.5) is 5.13 Å². The van der Waals surface area contributed by atoms with Crippen LogP contribution in [0.3, 0.4) is 0 Å². The molecule has 1 aliphatic rings. The number of fused-ring (bicyclic) bond motifs is 1. The van der Waals surface area contributed by atoms with Crippen LogP contribution >= 0.6 is 11.3 Å². The molecule has 0 unspecified atom stereocenters. The van der Waals surface area contributed by atoms with Gasteiger partial charge in [-0.3, -0.25) is 10.1 Å². The van der Waals surface area contributed by atoms with Gasteiger partial charge in [0.25, 0.3) is 5.91 Å². The molecule has 1 aromatic carbocycles. The van der Waals surface area contributed by atoms with Crippen LogP contribution in [0.1, 0.15) is 18.4 Å². The van der Waals surface area contributed by atoms with Gasteiger partial charge in [-0.15, -0.1) is 0 Å². The number of hydrogen-bond acceptors (Lipinski definition) is 13. The van der Waals surface area contributed by atoms with Crippen LogP contribution < -0.4 is 10.1 Å². The Morgan fingerprint density at radius 2 is 2.08 bits per heavy atom. The van der Waals surface area contributed by atoms with E-state index >= 15 is 0 Å². The van der Waals surface area contributed by atoms with E-state index in [1.54, 1.807) is 0 Å². The average Bonchev–Trinajstić information content (AvgIpc) is 3.57. The molecule has 0 saturated carbocycles. The molecule has 1 aliphatic heterocycles. The van der Waals surface area contributed by atoms with Crippen molar-refractivity contribution in [2.24, 2.45) is 5.16 Å². The van der Waals surface area contributed by atoms with Crippen LogP contribution in [0.15, 0.2) is 40.5 Å². The average molecular weight is 566 g/mol. The number of methoxy groups -OCH3 is 1. The van der Waals surface area contributed by atoms with Gasteiger partial charge in [0.1, 0.15) is 6.61 Å². The molecule has 0 spiro atoms. The Hall–Kier alpha value is -3.24. The molecular weight excluding hydrogens is 538 g/mol. The van der Waals surface area contributed by atoms with Crippen molar-refractivity contribution in [3.63, 3.8) is 0 Å². The summed E-state index contributed by atoms with van der Waals surface area (Å²) < 4.78 is 40.7. The number of aliphatic hydroxyl groups is 1. The second-order valence-electron chi connectivity index (χ2n) is 8.10. The number of oxime groups is 1. The Morgan fingerprint density at radius 3 is 2.79 bits per heavy atom. The number of hydrogen-bond donors (Lipinski definition) is 2. The van der Waals surface area contributed by atoms with Gasteiger partial charge in [0.15, 0.2) is 37.3 Å². The Bertz CT molecular complexity index is 1370. The standard InChI is InChI=1S/C23H27N5O8S2/c1-33-9-2-12-38(31,32)17-5-3-15(4-6-17)19(28-36-16-7-10-34-14-16)21(30)27-23-26-20-22(37-23)25-18(13-24-20)35-11-8-29/h3-6,13,16,29H,2,7-12,14H2,1H3,(H,24,26,27,30)/b28-19+/t16-/m1/s1. The van der Waals surface area contributed by atoms with Gasteiger partial charge in [-0.05, 0) is 18.6 Å². The fourth-order valence-electron chi connectivity index (χ4n) is 3.42. The predicted molar refractivity (Wildman–Crippen MR) is 138 cm³/mol. The van der Waals surface area contributed by atoms with Crippen molar-refractivity contribution in [2.45, 2.75) is 23.8 Å². The van der Waals surface area contributed by atoms with E-state index in [0.29, 0.717) is 48.7 Å². The Balaban J connectivity index is 1.54. The van der Waals surface area contributed by atoms with Crippen LogP contribution in [0.5, 0.6) is 5.88 Å². The number of sulfone groups is 1. The number of anilines is 1. The number of ether oxygens (including phenoxy) is 3. The largest absolute Gasteiger partial charge is 0.474 e. The number of carbonyl (C=O) groups is 1. The highest BCUT2D eigenvalue weighted by molar-refractivity contribution is 7.91. The van der Waals surface area contributed by atoms with Gasteiger partial charge in [-0.2, -0.15) is 9.97 Å². The molecule has 204 valence electrons. The zero-order valence-corrected chi connectivity index (χ0v) is 22.2. The number of nitrogens with one attached hydrogen (secondary N) is 1. The lowest BCUT2D eigenvalue weighted by atomic mass is 10.1. The van der Waals surface area contributed by atoms with Gasteiger partial charge in [-0.1, -0.05) is 28.6 Å². The smallest absolute Gasteiger partial charge is 0.280 e. The van der Waals surface area contributed by atoms with E-state index < -0.39 is 15.7 Å². The number of carbonyl (C=O) groups excluding carboxylic acids is 1. The minimum absolute atomic E-state index is 0.0567. The third-order valence-corrected chi connectivity index (χ3v) is 7.98. The maximum atomic E-state index is 13.2. The molecule has 1 fully saturated rings. The molecule has 0 radical (unpaired) electrons. The van der Waals surface area contributed by atoms with Crippen molar-refractivity contribution in [2.75, 3.05) is 51.2 Å². The number of aromatic nitrogens is 3. The van der Waals surface area contributed by atoms with Gasteiger partial charge in [0.05, 0.1) is 36.7 Å². The van der Waals surface area contributed by atoms with Crippen molar-refractivity contribution >= 4 is 48.4 Å². The molecule has 3 aromatic rings. The van der Waals surface area contributed by atoms with Crippen molar-refractivity contribution in [1.82, 2.24) is 15.0 Å².